The van der Waals surface area contributed by atoms with E-state index < -0.39 is 0 Å². The minimum atomic E-state index is 0. The predicted octanol–water partition coefficient (Wildman–Crippen LogP) is 3.47. The summed E-state index contributed by atoms with van der Waals surface area (Å²) < 4.78 is 2.04. The standard InChI is InChI=1S/C16H19N5S2.HI/c1-17-15(18-7-9-22-14-5-3-2-4-6-14)19-11-13-12-21-8-10-23-16(21)20-13;/h2-6,8,10,12H,7,9,11H2,1H3,(H2,17,18,19);1H. The zero-order chi connectivity index (χ0) is 15.9. The number of rotatable bonds is 6. The zero-order valence-electron chi connectivity index (χ0n) is 13.3. The molecule has 8 heteroatoms. The van der Waals surface area contributed by atoms with Gasteiger partial charge in [-0.2, -0.15) is 0 Å². The van der Waals surface area contributed by atoms with Gasteiger partial charge in [-0.05, 0) is 12.1 Å². The molecule has 128 valence electrons. The summed E-state index contributed by atoms with van der Waals surface area (Å²) in [5.41, 5.74) is 1.01. The zero-order valence-corrected chi connectivity index (χ0v) is 17.3. The van der Waals surface area contributed by atoms with Crippen molar-refractivity contribution in [3.8, 4) is 0 Å². The van der Waals surface area contributed by atoms with Gasteiger partial charge in [-0.25, -0.2) is 4.98 Å². The highest BCUT2D eigenvalue weighted by atomic mass is 127. The predicted molar refractivity (Wildman–Crippen MR) is 114 cm³/mol. The number of imidazole rings is 1. The highest BCUT2D eigenvalue weighted by molar-refractivity contribution is 14.0. The van der Waals surface area contributed by atoms with Gasteiger partial charge in [0.15, 0.2) is 10.9 Å². The van der Waals surface area contributed by atoms with E-state index in [0.717, 1.165) is 28.9 Å². The van der Waals surface area contributed by atoms with Crippen LogP contribution in [0.1, 0.15) is 5.69 Å². The molecule has 0 fully saturated rings. The van der Waals surface area contributed by atoms with Crippen LogP contribution in [0.3, 0.4) is 0 Å². The number of aromatic nitrogens is 2. The number of thioether (sulfide) groups is 1. The minimum Gasteiger partial charge on any atom is -0.356 e. The van der Waals surface area contributed by atoms with Gasteiger partial charge in [-0.15, -0.1) is 47.1 Å². The molecular weight excluding hydrogens is 453 g/mol. The Morgan fingerprint density at radius 3 is 2.88 bits per heavy atom. The van der Waals surface area contributed by atoms with Crippen LogP contribution in [0.2, 0.25) is 0 Å². The molecule has 0 saturated heterocycles. The van der Waals surface area contributed by atoms with E-state index in [9.17, 15) is 0 Å². The Morgan fingerprint density at radius 1 is 1.29 bits per heavy atom. The van der Waals surface area contributed by atoms with Crippen LogP contribution in [-0.4, -0.2) is 34.7 Å². The Kier molecular flexibility index (Phi) is 7.86. The lowest BCUT2D eigenvalue weighted by molar-refractivity contribution is 0.818. The van der Waals surface area contributed by atoms with Gasteiger partial charge in [0.1, 0.15) is 0 Å². The third-order valence-electron chi connectivity index (χ3n) is 3.21. The summed E-state index contributed by atoms with van der Waals surface area (Å²) in [6.45, 7) is 1.53. The lowest BCUT2D eigenvalue weighted by atomic mass is 10.4. The average Bonchev–Trinajstić information content (AvgIpc) is 3.16. The Morgan fingerprint density at radius 2 is 2.12 bits per heavy atom. The van der Waals surface area contributed by atoms with E-state index in [1.54, 1.807) is 18.4 Å². The lowest BCUT2D eigenvalue weighted by Gasteiger charge is -2.10. The monoisotopic (exact) mass is 473 g/mol. The fourth-order valence-corrected chi connectivity index (χ4v) is 3.62. The molecule has 3 rings (SSSR count). The number of fused-ring (bicyclic) bond motifs is 1. The van der Waals surface area contributed by atoms with Crippen LogP contribution < -0.4 is 10.6 Å². The van der Waals surface area contributed by atoms with E-state index in [-0.39, 0.29) is 24.0 Å². The Balaban J connectivity index is 0.00000208. The summed E-state index contributed by atoms with van der Waals surface area (Å²) in [5, 5.41) is 8.65. The molecule has 0 saturated carbocycles. The van der Waals surface area contributed by atoms with Crippen LogP contribution in [0.15, 0.2) is 58.0 Å². The van der Waals surface area contributed by atoms with Gasteiger partial charge in [0, 0.05) is 42.0 Å². The molecule has 2 aromatic heterocycles. The molecule has 0 aliphatic heterocycles. The first kappa shape index (κ1) is 19.1. The number of thiazole rings is 1. The van der Waals surface area contributed by atoms with Crippen LogP contribution in [0.5, 0.6) is 0 Å². The second-order valence-electron chi connectivity index (χ2n) is 4.84. The van der Waals surface area contributed by atoms with Crippen molar-refractivity contribution in [2.75, 3.05) is 19.3 Å². The molecule has 0 radical (unpaired) electrons. The van der Waals surface area contributed by atoms with E-state index in [1.807, 2.05) is 40.0 Å². The van der Waals surface area contributed by atoms with Crippen LogP contribution in [0.25, 0.3) is 4.96 Å². The van der Waals surface area contributed by atoms with E-state index in [1.165, 1.54) is 4.90 Å². The molecule has 0 bridgehead atoms. The van der Waals surface area contributed by atoms with Gasteiger partial charge in [0.05, 0.1) is 12.2 Å². The van der Waals surface area contributed by atoms with Crippen molar-refractivity contribution in [3.63, 3.8) is 0 Å². The van der Waals surface area contributed by atoms with Gasteiger partial charge in [-0.1, -0.05) is 18.2 Å². The van der Waals surface area contributed by atoms with E-state index in [0.29, 0.717) is 6.54 Å². The fourth-order valence-electron chi connectivity index (χ4n) is 2.11. The molecule has 3 aromatic rings. The van der Waals surface area contributed by atoms with Gasteiger partial charge in [-0.3, -0.25) is 9.39 Å². The molecule has 0 unspecified atom stereocenters. The van der Waals surface area contributed by atoms with Crippen molar-refractivity contribution in [2.45, 2.75) is 11.4 Å². The van der Waals surface area contributed by atoms with Crippen molar-refractivity contribution in [1.29, 1.82) is 0 Å². The third kappa shape index (κ3) is 5.38. The Labute approximate surface area is 167 Å². The van der Waals surface area contributed by atoms with Crippen LogP contribution >= 0.6 is 47.1 Å². The molecule has 1 aromatic carbocycles. The smallest absolute Gasteiger partial charge is 0.193 e. The molecular formula is C16H20IN5S2. The first-order valence-electron chi connectivity index (χ1n) is 7.38. The van der Waals surface area contributed by atoms with Crippen molar-refractivity contribution in [1.82, 2.24) is 20.0 Å². The normalized spacial score (nSPS) is 11.3. The van der Waals surface area contributed by atoms with E-state index in [4.69, 9.17) is 0 Å². The summed E-state index contributed by atoms with van der Waals surface area (Å²) in [7, 11) is 1.78. The number of hydrogen-bond donors (Lipinski definition) is 2. The maximum Gasteiger partial charge on any atom is 0.193 e. The van der Waals surface area contributed by atoms with Gasteiger partial charge in [0.25, 0.3) is 0 Å². The second kappa shape index (κ2) is 9.90. The Hall–Kier alpha value is -1.26. The lowest BCUT2D eigenvalue weighted by Crippen LogP contribution is -2.38. The molecule has 2 heterocycles. The first-order chi connectivity index (χ1) is 11.3. The highest BCUT2D eigenvalue weighted by Gasteiger charge is 2.03. The summed E-state index contributed by atoms with van der Waals surface area (Å²) in [6, 6.07) is 10.4. The second-order valence-corrected chi connectivity index (χ2v) is 6.88. The summed E-state index contributed by atoms with van der Waals surface area (Å²) in [4.78, 5) is 11.1. The average molecular weight is 473 g/mol. The number of hydrogen-bond acceptors (Lipinski definition) is 4. The molecule has 24 heavy (non-hydrogen) atoms. The number of nitrogens with zero attached hydrogens (tertiary/aromatic N) is 3. The molecule has 0 aliphatic rings. The molecule has 0 spiro atoms. The van der Waals surface area contributed by atoms with Gasteiger partial charge < -0.3 is 10.6 Å². The van der Waals surface area contributed by atoms with E-state index in [2.05, 4.69) is 44.9 Å². The van der Waals surface area contributed by atoms with Crippen molar-refractivity contribution >= 4 is 58.0 Å². The SMILES string of the molecule is CN=C(NCCSc1ccccc1)NCc1cn2ccsc2n1.I. The number of guanidine groups is 1. The van der Waals surface area contributed by atoms with Crippen LogP contribution in [0.4, 0.5) is 0 Å². The maximum absolute atomic E-state index is 4.55. The van der Waals surface area contributed by atoms with Crippen LogP contribution in [0, 0.1) is 0 Å². The van der Waals surface area contributed by atoms with Crippen molar-refractivity contribution in [3.05, 3.63) is 53.8 Å². The number of benzene rings is 1. The third-order valence-corrected chi connectivity index (χ3v) is 4.99. The number of halogens is 1. The molecule has 2 N–H and O–H groups in total. The minimum absolute atomic E-state index is 0. The fraction of sp³-hybridized carbons (Fsp3) is 0.250. The van der Waals surface area contributed by atoms with Gasteiger partial charge >= 0.3 is 0 Å². The maximum atomic E-state index is 4.55. The molecule has 0 amide bonds. The highest BCUT2D eigenvalue weighted by Crippen LogP contribution is 2.15. The van der Waals surface area contributed by atoms with Crippen LogP contribution in [-0.2, 0) is 6.54 Å². The Bertz CT molecular complexity index is 740. The number of aliphatic imine (C=N–C) groups is 1. The first-order valence-corrected chi connectivity index (χ1v) is 9.25. The number of nitrogens with one attached hydrogen (secondary N) is 2. The van der Waals surface area contributed by atoms with Crippen molar-refractivity contribution in [2.24, 2.45) is 4.99 Å². The summed E-state index contributed by atoms with van der Waals surface area (Å²) >= 11 is 3.47. The summed E-state index contributed by atoms with van der Waals surface area (Å²) in [5.74, 6) is 1.79. The molecule has 0 aliphatic carbocycles. The van der Waals surface area contributed by atoms with Gasteiger partial charge in [0.2, 0.25) is 0 Å². The van der Waals surface area contributed by atoms with Crippen molar-refractivity contribution < 1.29 is 0 Å². The topological polar surface area (TPSA) is 53.7 Å². The summed E-state index contributed by atoms with van der Waals surface area (Å²) in [6.07, 6.45) is 4.06. The van der Waals surface area contributed by atoms with E-state index >= 15 is 0 Å². The quantitative estimate of drug-likeness (QED) is 0.189. The molecule has 0 atom stereocenters. The largest absolute Gasteiger partial charge is 0.356 e. The molecule has 5 nitrogen and oxygen atoms in total.